The largest absolute Gasteiger partial charge is 0.480 e. The Morgan fingerprint density at radius 2 is 1.00 bits per heavy atom. The molecule has 4 aromatic carbocycles. The first-order valence-corrected chi connectivity index (χ1v) is 17.9. The second kappa shape index (κ2) is 14.6. The first kappa shape index (κ1) is 37.2. The van der Waals surface area contributed by atoms with Crippen LogP contribution in [0.15, 0.2) is 60.9 Å². The van der Waals surface area contributed by atoms with Crippen molar-refractivity contribution in [3.8, 4) is 0 Å². The van der Waals surface area contributed by atoms with Crippen LogP contribution >= 0.6 is 45.9 Å². The number of carbonyl (C=O) groups is 2. The number of fused-ring (bicyclic) bond motifs is 4. The summed E-state index contributed by atoms with van der Waals surface area (Å²) in [6.45, 7) is -0.518. The summed E-state index contributed by atoms with van der Waals surface area (Å²) in [5.74, 6) is -8.71. The average Bonchev–Trinajstić information content (AvgIpc) is 3.88. The van der Waals surface area contributed by atoms with Crippen LogP contribution in [0.3, 0.4) is 0 Å². The van der Waals surface area contributed by atoms with E-state index in [0.717, 1.165) is 44.6 Å². The summed E-state index contributed by atoms with van der Waals surface area (Å²) in [5.41, 5.74) is 2.02. The maximum Gasteiger partial charge on any atom is 0.323 e. The highest BCUT2D eigenvalue weighted by Gasteiger charge is 2.21. The molecule has 0 aliphatic carbocycles. The lowest BCUT2D eigenvalue weighted by atomic mass is 10.1. The minimum absolute atomic E-state index is 0.0544. The summed E-state index contributed by atoms with van der Waals surface area (Å²) in [5, 5.41) is 21.4. The number of carboxylic acids is 2. The highest BCUT2D eigenvalue weighted by molar-refractivity contribution is 7.19. The van der Waals surface area contributed by atoms with E-state index in [-0.39, 0.29) is 46.4 Å². The number of aliphatic carboxylic acids is 2. The maximum absolute atomic E-state index is 13.9. The van der Waals surface area contributed by atoms with Crippen LogP contribution in [-0.2, 0) is 35.5 Å². The molecule has 0 aliphatic heterocycles. The molecule has 0 radical (unpaired) electrons. The summed E-state index contributed by atoms with van der Waals surface area (Å²) in [4.78, 5) is 30.3. The van der Waals surface area contributed by atoms with Crippen molar-refractivity contribution in [2.24, 2.45) is 0 Å². The van der Waals surface area contributed by atoms with Crippen molar-refractivity contribution < 1.29 is 46.1 Å². The van der Waals surface area contributed by atoms with Crippen molar-refractivity contribution >= 4 is 100 Å². The number of hydrogen-bond acceptors (Lipinski definition) is 6. The molecule has 2 N–H and O–H groups in total. The summed E-state index contributed by atoms with van der Waals surface area (Å²) in [6.07, 6.45) is 3.72. The van der Waals surface area contributed by atoms with E-state index in [4.69, 9.17) is 33.4 Å². The highest BCUT2D eigenvalue weighted by atomic mass is 35.5. The molecular formula is C36H20Cl2F6N4O4S2. The number of hydrogen-bond donors (Lipinski definition) is 2. The highest BCUT2D eigenvalue weighted by Crippen LogP contribution is 2.34. The van der Waals surface area contributed by atoms with Crippen LogP contribution in [-0.4, -0.2) is 41.3 Å². The number of carboxylic acid groups (broad SMARTS) is 2. The molecule has 0 bridgehead atoms. The Bertz CT molecular complexity index is 2630. The SMILES string of the molecule is O=C(O)Cn1cc(Cc2nc3c(F)c(F)cc(F)c3s2)c2ccc(Cl)cc21.O=C(O)Cn1cc(Cc2nc3c(F)c(F)cc(F)c3s2)c2ccc(Cl)cc21. The van der Waals surface area contributed by atoms with E-state index in [0.29, 0.717) is 43.2 Å². The van der Waals surface area contributed by atoms with Gasteiger partial charge >= 0.3 is 11.9 Å². The first-order valence-electron chi connectivity index (χ1n) is 15.5. The van der Waals surface area contributed by atoms with Crippen molar-refractivity contribution in [3.63, 3.8) is 0 Å². The molecule has 0 saturated heterocycles. The van der Waals surface area contributed by atoms with Gasteiger partial charge in [-0.3, -0.25) is 9.59 Å². The predicted molar refractivity (Wildman–Crippen MR) is 194 cm³/mol. The molecule has 0 amide bonds. The number of rotatable bonds is 8. The molecule has 8 rings (SSSR count). The minimum Gasteiger partial charge on any atom is -0.480 e. The third-order valence-corrected chi connectivity index (χ3v) is 10.9. The van der Waals surface area contributed by atoms with Crippen molar-refractivity contribution in [2.45, 2.75) is 25.9 Å². The van der Waals surface area contributed by atoms with Gasteiger partial charge in [0.05, 0.1) is 30.4 Å². The van der Waals surface area contributed by atoms with Crippen LogP contribution in [0.1, 0.15) is 21.1 Å². The van der Waals surface area contributed by atoms with Gasteiger partial charge in [-0.1, -0.05) is 35.3 Å². The maximum atomic E-state index is 13.9. The van der Waals surface area contributed by atoms with Crippen LogP contribution < -0.4 is 0 Å². The van der Waals surface area contributed by atoms with E-state index in [2.05, 4.69) is 9.97 Å². The Labute approximate surface area is 317 Å². The fourth-order valence-corrected chi connectivity index (χ4v) is 8.36. The topological polar surface area (TPSA) is 110 Å². The Balaban J connectivity index is 0.000000167. The van der Waals surface area contributed by atoms with Crippen molar-refractivity contribution in [2.75, 3.05) is 0 Å². The Morgan fingerprint density at radius 3 is 1.37 bits per heavy atom. The third-order valence-electron chi connectivity index (χ3n) is 8.27. The van der Waals surface area contributed by atoms with E-state index in [9.17, 15) is 35.9 Å². The number of thiazole rings is 2. The molecule has 0 atom stereocenters. The van der Waals surface area contributed by atoms with Crippen LogP contribution in [0.5, 0.6) is 0 Å². The van der Waals surface area contributed by atoms with Gasteiger partial charge in [-0.15, -0.1) is 22.7 Å². The van der Waals surface area contributed by atoms with E-state index >= 15 is 0 Å². The molecule has 8 nitrogen and oxygen atoms in total. The van der Waals surface area contributed by atoms with Gasteiger partial charge in [-0.05, 0) is 35.4 Å². The Hall–Kier alpha value is -5.16. The van der Waals surface area contributed by atoms with Crippen LogP contribution in [0.4, 0.5) is 26.3 Å². The second-order valence-electron chi connectivity index (χ2n) is 11.9. The molecule has 276 valence electrons. The standard InChI is InChI=1S/2C18H10ClF3N2O2S/c2*19-9-1-2-10-8(6-24(7-15(25)26)13(10)4-9)3-14-23-17-16(22)11(20)5-12(21)18(17)27-14/h2*1-2,4-6H,3,7H2,(H,25,26). The predicted octanol–water partition coefficient (Wildman–Crippen LogP) is 9.99. The zero-order chi connectivity index (χ0) is 38.6. The zero-order valence-electron chi connectivity index (χ0n) is 26.9. The number of halogens is 8. The summed E-state index contributed by atoms with van der Waals surface area (Å²) in [6, 6.07) is 11.1. The van der Waals surface area contributed by atoms with Gasteiger partial charge in [-0.2, -0.15) is 0 Å². The lowest BCUT2D eigenvalue weighted by Crippen LogP contribution is -2.07. The molecule has 4 aromatic heterocycles. The van der Waals surface area contributed by atoms with E-state index < -0.39 is 46.8 Å². The normalized spacial score (nSPS) is 11.6. The third kappa shape index (κ3) is 7.21. The number of nitrogens with zero attached hydrogens (tertiary/aromatic N) is 4. The van der Waals surface area contributed by atoms with Gasteiger partial charge in [0.1, 0.15) is 35.8 Å². The van der Waals surface area contributed by atoms with Crippen molar-refractivity contribution in [1.82, 2.24) is 19.1 Å². The zero-order valence-corrected chi connectivity index (χ0v) is 30.1. The molecule has 0 saturated carbocycles. The van der Waals surface area contributed by atoms with Gasteiger partial charge in [0.25, 0.3) is 0 Å². The van der Waals surface area contributed by atoms with Crippen LogP contribution in [0.2, 0.25) is 10.0 Å². The van der Waals surface area contributed by atoms with Gasteiger partial charge in [0.15, 0.2) is 23.3 Å². The van der Waals surface area contributed by atoms with Gasteiger partial charge in [0, 0.05) is 58.2 Å². The quantitative estimate of drug-likeness (QED) is 0.117. The molecular weight excluding hydrogens is 801 g/mol. The number of aromatic nitrogens is 4. The van der Waals surface area contributed by atoms with Crippen LogP contribution in [0.25, 0.3) is 42.2 Å². The van der Waals surface area contributed by atoms with Crippen molar-refractivity contribution in [3.05, 3.63) is 127 Å². The molecule has 0 unspecified atom stereocenters. The Kier molecular flexibility index (Phi) is 10.0. The molecule has 4 heterocycles. The summed E-state index contributed by atoms with van der Waals surface area (Å²) >= 11 is 13.9. The summed E-state index contributed by atoms with van der Waals surface area (Å²) < 4.78 is 85.3. The number of benzene rings is 4. The fourth-order valence-electron chi connectivity index (χ4n) is 6.05. The summed E-state index contributed by atoms with van der Waals surface area (Å²) in [7, 11) is 0. The van der Waals surface area contributed by atoms with Gasteiger partial charge in [0.2, 0.25) is 0 Å². The lowest BCUT2D eigenvalue weighted by Gasteiger charge is -2.00. The van der Waals surface area contributed by atoms with Gasteiger partial charge < -0.3 is 19.3 Å². The first-order chi connectivity index (χ1) is 25.7. The molecule has 18 heteroatoms. The molecule has 0 aliphatic rings. The lowest BCUT2D eigenvalue weighted by molar-refractivity contribution is -0.138. The molecule has 0 fully saturated rings. The van der Waals surface area contributed by atoms with Crippen molar-refractivity contribution in [1.29, 1.82) is 0 Å². The van der Waals surface area contributed by atoms with Gasteiger partial charge in [-0.25, -0.2) is 36.3 Å². The second-order valence-corrected chi connectivity index (χ2v) is 14.9. The fraction of sp³-hybridized carbons (Fsp3) is 0.111. The molecule has 0 spiro atoms. The van der Waals surface area contributed by atoms with E-state index in [1.165, 1.54) is 9.13 Å². The minimum atomic E-state index is -1.29. The average molecular weight is 822 g/mol. The monoisotopic (exact) mass is 820 g/mol. The van der Waals surface area contributed by atoms with E-state index in [1.807, 2.05) is 0 Å². The Morgan fingerprint density at radius 1 is 0.611 bits per heavy atom. The van der Waals surface area contributed by atoms with Crippen LogP contribution in [0, 0.1) is 34.9 Å². The molecule has 8 aromatic rings. The molecule has 54 heavy (non-hydrogen) atoms. The smallest absolute Gasteiger partial charge is 0.323 e. The van der Waals surface area contributed by atoms with E-state index in [1.54, 1.807) is 48.8 Å².